The van der Waals surface area contributed by atoms with Crippen molar-refractivity contribution in [3.05, 3.63) is 56.5 Å². The van der Waals surface area contributed by atoms with Crippen LogP contribution >= 0.6 is 31.9 Å². The van der Waals surface area contributed by atoms with Gasteiger partial charge in [0.1, 0.15) is 5.82 Å². The molecule has 0 radical (unpaired) electrons. The number of carbonyl (C=O) groups is 1. The van der Waals surface area contributed by atoms with Crippen LogP contribution in [0.15, 0.2) is 39.4 Å². The number of benzene rings is 1. The highest BCUT2D eigenvalue weighted by molar-refractivity contribution is 9.11. The molecule has 0 unspecified atom stereocenters. The number of methoxy groups -OCH3 is 1. The number of anilines is 1. The lowest BCUT2D eigenvalue weighted by Crippen LogP contribution is -2.07. The van der Waals surface area contributed by atoms with Crippen molar-refractivity contribution in [3.63, 3.8) is 0 Å². The van der Waals surface area contributed by atoms with Gasteiger partial charge >= 0.3 is 5.97 Å². The van der Waals surface area contributed by atoms with Crippen molar-refractivity contribution in [2.24, 2.45) is 0 Å². The van der Waals surface area contributed by atoms with Gasteiger partial charge in [0.2, 0.25) is 0 Å². The fraction of sp³-hybridized carbons (Fsp3) is 0.143. The van der Waals surface area contributed by atoms with Gasteiger partial charge in [-0.1, -0.05) is 0 Å². The molecule has 4 nitrogen and oxygen atoms in total. The van der Waals surface area contributed by atoms with Crippen molar-refractivity contribution in [1.29, 1.82) is 0 Å². The summed E-state index contributed by atoms with van der Waals surface area (Å²) in [5.41, 5.74) is 1.22. The monoisotopic (exact) mass is 416 g/mol. The summed E-state index contributed by atoms with van der Waals surface area (Å²) in [5, 5.41) is 2.92. The van der Waals surface area contributed by atoms with E-state index in [9.17, 15) is 9.18 Å². The Labute approximate surface area is 138 Å². The van der Waals surface area contributed by atoms with E-state index >= 15 is 0 Å². The summed E-state index contributed by atoms with van der Waals surface area (Å²) >= 11 is 6.70. The summed E-state index contributed by atoms with van der Waals surface area (Å²) in [5.74, 6) is -0.961. The fourth-order valence-electron chi connectivity index (χ4n) is 1.66. The van der Waals surface area contributed by atoms with Crippen molar-refractivity contribution in [3.8, 4) is 0 Å². The maximum absolute atomic E-state index is 13.8. The van der Waals surface area contributed by atoms with Gasteiger partial charge in [-0.05, 0) is 56.1 Å². The molecule has 1 heterocycles. The number of hydrogen-bond acceptors (Lipinski definition) is 4. The average molecular weight is 418 g/mol. The summed E-state index contributed by atoms with van der Waals surface area (Å²) in [6.45, 7) is 0.315. The first-order chi connectivity index (χ1) is 10.0. The zero-order chi connectivity index (χ0) is 15.4. The molecule has 0 bridgehead atoms. The highest BCUT2D eigenvalue weighted by Gasteiger charge is 2.10. The van der Waals surface area contributed by atoms with E-state index in [-0.39, 0.29) is 11.3 Å². The molecule has 0 amide bonds. The average Bonchev–Trinajstić information content (AvgIpc) is 2.47. The van der Waals surface area contributed by atoms with Gasteiger partial charge in [-0.3, -0.25) is 4.98 Å². The molecular weight excluding hydrogens is 407 g/mol. The van der Waals surface area contributed by atoms with Crippen LogP contribution in [0.4, 0.5) is 10.1 Å². The van der Waals surface area contributed by atoms with Crippen LogP contribution in [0.2, 0.25) is 0 Å². The largest absolute Gasteiger partial charge is 0.465 e. The summed E-state index contributed by atoms with van der Waals surface area (Å²) < 4.78 is 20.0. The van der Waals surface area contributed by atoms with Crippen LogP contribution in [0.1, 0.15) is 16.1 Å². The molecule has 1 aromatic heterocycles. The van der Waals surface area contributed by atoms with Gasteiger partial charge in [-0.15, -0.1) is 0 Å². The molecule has 0 aliphatic rings. The van der Waals surface area contributed by atoms with E-state index in [4.69, 9.17) is 0 Å². The second-order valence-corrected chi connectivity index (χ2v) is 5.89. The van der Waals surface area contributed by atoms with Crippen molar-refractivity contribution in [1.82, 2.24) is 4.98 Å². The lowest BCUT2D eigenvalue weighted by Gasteiger charge is -2.10. The van der Waals surface area contributed by atoms with Crippen LogP contribution in [0.25, 0.3) is 0 Å². The topological polar surface area (TPSA) is 51.2 Å². The highest BCUT2D eigenvalue weighted by atomic mass is 79.9. The number of ether oxygens (including phenoxy) is 1. The van der Waals surface area contributed by atoms with E-state index in [1.54, 1.807) is 6.20 Å². The molecule has 0 atom stereocenters. The van der Waals surface area contributed by atoms with E-state index in [0.717, 1.165) is 14.6 Å². The molecule has 7 heteroatoms. The number of aromatic nitrogens is 1. The highest BCUT2D eigenvalue weighted by Crippen LogP contribution is 2.22. The Morgan fingerprint density at radius 1 is 1.38 bits per heavy atom. The van der Waals surface area contributed by atoms with E-state index in [1.165, 1.54) is 25.3 Å². The molecule has 0 aliphatic carbocycles. The maximum Gasteiger partial charge on any atom is 0.337 e. The minimum absolute atomic E-state index is 0.217. The van der Waals surface area contributed by atoms with Crippen LogP contribution in [0.5, 0.6) is 0 Å². The standard InChI is InChI=1S/C14H11Br2FN2O2/c1-21-14(20)8-2-3-11(17)12(4-8)19-7-13-10(16)5-9(15)6-18-13/h2-6,19H,7H2,1H3. The second-order valence-electron chi connectivity index (χ2n) is 4.12. The summed E-state index contributed by atoms with van der Waals surface area (Å²) in [4.78, 5) is 15.7. The van der Waals surface area contributed by atoms with Gasteiger partial charge in [0.05, 0.1) is 30.6 Å². The zero-order valence-electron chi connectivity index (χ0n) is 11.0. The number of halogens is 3. The van der Waals surface area contributed by atoms with Gasteiger partial charge in [0, 0.05) is 15.1 Å². The number of carbonyl (C=O) groups excluding carboxylic acids is 1. The molecule has 0 fully saturated rings. The van der Waals surface area contributed by atoms with Crippen molar-refractivity contribution in [2.75, 3.05) is 12.4 Å². The number of nitrogens with zero attached hydrogens (tertiary/aromatic N) is 1. The molecule has 2 aromatic rings. The molecule has 0 spiro atoms. The van der Waals surface area contributed by atoms with Crippen molar-refractivity contribution >= 4 is 43.5 Å². The van der Waals surface area contributed by atoms with Crippen LogP contribution in [-0.2, 0) is 11.3 Å². The molecule has 0 saturated carbocycles. The van der Waals surface area contributed by atoms with Crippen LogP contribution in [-0.4, -0.2) is 18.1 Å². The third-order valence-corrected chi connectivity index (χ3v) is 3.84. The molecular formula is C14H11Br2FN2O2. The Hall–Kier alpha value is -1.47. The number of nitrogens with one attached hydrogen (secondary N) is 1. The summed E-state index contributed by atoms with van der Waals surface area (Å²) in [7, 11) is 1.28. The molecule has 1 N–H and O–H groups in total. The third-order valence-electron chi connectivity index (χ3n) is 2.72. The smallest absolute Gasteiger partial charge is 0.337 e. The first-order valence-corrected chi connectivity index (χ1v) is 7.51. The molecule has 21 heavy (non-hydrogen) atoms. The van der Waals surface area contributed by atoms with Gasteiger partial charge < -0.3 is 10.1 Å². The van der Waals surface area contributed by atoms with Crippen molar-refractivity contribution in [2.45, 2.75) is 6.54 Å². The fourth-order valence-corrected chi connectivity index (χ4v) is 2.79. The Morgan fingerprint density at radius 3 is 2.81 bits per heavy atom. The van der Waals surface area contributed by atoms with Crippen LogP contribution in [0.3, 0.4) is 0 Å². The number of rotatable bonds is 4. The second kappa shape index (κ2) is 7.00. The van der Waals surface area contributed by atoms with Crippen LogP contribution in [0, 0.1) is 5.82 Å². The number of hydrogen-bond donors (Lipinski definition) is 1. The number of pyridine rings is 1. The Bertz CT molecular complexity index is 680. The Balaban J connectivity index is 2.17. The van der Waals surface area contributed by atoms with E-state index in [1.807, 2.05) is 6.07 Å². The lowest BCUT2D eigenvalue weighted by molar-refractivity contribution is 0.0600. The maximum atomic E-state index is 13.8. The summed E-state index contributed by atoms with van der Waals surface area (Å²) in [6, 6.07) is 5.86. The lowest BCUT2D eigenvalue weighted by atomic mass is 10.2. The number of esters is 1. The molecule has 2 rings (SSSR count). The molecule has 0 saturated heterocycles. The van der Waals surface area contributed by atoms with Gasteiger partial charge in [-0.25, -0.2) is 9.18 Å². The van der Waals surface area contributed by atoms with Gasteiger partial charge in [-0.2, -0.15) is 0 Å². The predicted octanol–water partition coefficient (Wildman–Crippen LogP) is 4.14. The first kappa shape index (κ1) is 15.9. The normalized spacial score (nSPS) is 10.3. The van der Waals surface area contributed by atoms with E-state index in [2.05, 4.69) is 46.9 Å². The third kappa shape index (κ3) is 4.01. The van der Waals surface area contributed by atoms with E-state index < -0.39 is 11.8 Å². The Kier molecular flexibility index (Phi) is 5.30. The minimum Gasteiger partial charge on any atom is -0.465 e. The van der Waals surface area contributed by atoms with Gasteiger partial charge in [0.25, 0.3) is 0 Å². The van der Waals surface area contributed by atoms with E-state index in [0.29, 0.717) is 6.54 Å². The SMILES string of the molecule is COC(=O)c1ccc(F)c(NCc2ncc(Br)cc2Br)c1. The zero-order valence-corrected chi connectivity index (χ0v) is 14.2. The molecule has 110 valence electrons. The summed E-state index contributed by atoms with van der Waals surface area (Å²) in [6.07, 6.45) is 1.66. The van der Waals surface area contributed by atoms with Crippen molar-refractivity contribution < 1.29 is 13.9 Å². The molecule has 1 aromatic carbocycles. The quantitative estimate of drug-likeness (QED) is 0.759. The molecule has 0 aliphatic heterocycles. The van der Waals surface area contributed by atoms with Crippen LogP contribution < -0.4 is 5.32 Å². The Morgan fingerprint density at radius 2 is 2.14 bits per heavy atom. The minimum atomic E-state index is -0.513. The predicted molar refractivity (Wildman–Crippen MR) is 84.7 cm³/mol. The first-order valence-electron chi connectivity index (χ1n) is 5.93. The van der Waals surface area contributed by atoms with Gasteiger partial charge in [0.15, 0.2) is 0 Å².